The van der Waals surface area contributed by atoms with Crippen LogP contribution in [-0.4, -0.2) is 37.6 Å². The van der Waals surface area contributed by atoms with E-state index in [1.54, 1.807) is 18.2 Å². The second-order valence-electron chi connectivity index (χ2n) is 5.13. The molecule has 2 aliphatic rings. The predicted molar refractivity (Wildman–Crippen MR) is 76.6 cm³/mol. The summed E-state index contributed by atoms with van der Waals surface area (Å²) in [6.45, 7) is 3.12. The lowest BCUT2D eigenvalue weighted by Crippen LogP contribution is -2.58. The monoisotopic (exact) mass is 290 g/mol. The molecule has 6 heteroatoms. The van der Waals surface area contributed by atoms with Crippen LogP contribution in [0.4, 0.5) is 5.69 Å². The Morgan fingerprint density at radius 2 is 2.00 bits per heavy atom. The average Bonchev–Trinajstić information content (AvgIpc) is 2.73. The van der Waals surface area contributed by atoms with E-state index in [4.69, 9.17) is 9.47 Å². The van der Waals surface area contributed by atoms with Crippen molar-refractivity contribution in [2.45, 2.75) is 25.8 Å². The van der Waals surface area contributed by atoms with Crippen molar-refractivity contribution >= 4 is 17.5 Å². The normalized spacial score (nSPS) is 21.8. The molecule has 1 aromatic carbocycles. The number of fused-ring (bicyclic) bond motifs is 1. The molecule has 1 atom stereocenters. The molecule has 0 spiro atoms. The van der Waals surface area contributed by atoms with Gasteiger partial charge in [-0.3, -0.25) is 9.59 Å². The smallest absolute Gasteiger partial charge is 0.250 e. The zero-order valence-corrected chi connectivity index (χ0v) is 11.9. The van der Waals surface area contributed by atoms with Crippen molar-refractivity contribution in [1.82, 2.24) is 5.32 Å². The number of nitrogens with zero attached hydrogens (tertiary/aromatic N) is 1. The second-order valence-corrected chi connectivity index (χ2v) is 5.13. The number of amides is 2. The Balaban J connectivity index is 1.90. The van der Waals surface area contributed by atoms with E-state index in [2.05, 4.69) is 5.32 Å². The van der Waals surface area contributed by atoms with Crippen LogP contribution in [0.25, 0.3) is 0 Å². The lowest BCUT2D eigenvalue weighted by atomic mass is 10.1. The fraction of sp³-hybridized carbons (Fsp3) is 0.467. The molecule has 2 heterocycles. The number of hydrogen-bond acceptors (Lipinski definition) is 4. The summed E-state index contributed by atoms with van der Waals surface area (Å²) in [6.07, 6.45) is 1.40. The maximum atomic E-state index is 12.4. The van der Waals surface area contributed by atoms with Gasteiger partial charge in [-0.05, 0) is 18.6 Å². The fourth-order valence-electron chi connectivity index (χ4n) is 2.53. The number of carbonyl (C=O) groups is 2. The maximum absolute atomic E-state index is 12.4. The summed E-state index contributed by atoms with van der Waals surface area (Å²) in [7, 11) is 0. The van der Waals surface area contributed by atoms with Gasteiger partial charge in [0.05, 0.1) is 13.2 Å². The molecule has 0 aromatic heterocycles. The number of anilines is 1. The molecule has 1 N–H and O–H groups in total. The first-order valence-electron chi connectivity index (χ1n) is 7.19. The Kier molecular flexibility index (Phi) is 3.68. The highest BCUT2D eigenvalue weighted by Crippen LogP contribution is 2.34. The van der Waals surface area contributed by atoms with Crippen molar-refractivity contribution in [1.29, 1.82) is 0 Å². The quantitative estimate of drug-likeness (QED) is 0.885. The largest absolute Gasteiger partial charge is 0.490 e. The van der Waals surface area contributed by atoms with Crippen molar-refractivity contribution in [2.24, 2.45) is 0 Å². The van der Waals surface area contributed by atoms with E-state index in [0.29, 0.717) is 36.8 Å². The van der Waals surface area contributed by atoms with Crippen LogP contribution < -0.4 is 19.7 Å². The summed E-state index contributed by atoms with van der Waals surface area (Å²) in [5.41, 5.74) is 0.664. The Morgan fingerprint density at radius 1 is 1.24 bits per heavy atom. The standard InChI is InChI=1S/C15H18N2O4/c1-2-11-15(19)17(9-14(18)16-11)10-4-5-12-13(8-10)21-7-3-6-20-12/h4-5,8,11H,2-3,6-7,9H2,1H3,(H,16,18). The Hall–Kier alpha value is -2.24. The van der Waals surface area contributed by atoms with Crippen LogP contribution in [-0.2, 0) is 9.59 Å². The lowest BCUT2D eigenvalue weighted by Gasteiger charge is -2.32. The highest BCUT2D eigenvalue weighted by Gasteiger charge is 2.32. The number of hydrogen-bond donors (Lipinski definition) is 1. The molecule has 112 valence electrons. The van der Waals surface area contributed by atoms with E-state index in [9.17, 15) is 9.59 Å². The molecule has 6 nitrogen and oxygen atoms in total. The van der Waals surface area contributed by atoms with Crippen molar-refractivity contribution in [3.8, 4) is 11.5 Å². The molecule has 0 bridgehead atoms. The molecule has 21 heavy (non-hydrogen) atoms. The highest BCUT2D eigenvalue weighted by molar-refractivity contribution is 6.06. The van der Waals surface area contributed by atoms with Gasteiger partial charge in [-0.15, -0.1) is 0 Å². The van der Waals surface area contributed by atoms with Crippen molar-refractivity contribution < 1.29 is 19.1 Å². The van der Waals surface area contributed by atoms with Crippen molar-refractivity contribution in [3.05, 3.63) is 18.2 Å². The third-order valence-electron chi connectivity index (χ3n) is 3.65. The van der Waals surface area contributed by atoms with Gasteiger partial charge in [0.2, 0.25) is 11.8 Å². The molecule has 2 aliphatic heterocycles. The van der Waals surface area contributed by atoms with Crippen molar-refractivity contribution in [2.75, 3.05) is 24.7 Å². The zero-order valence-electron chi connectivity index (χ0n) is 11.9. The van der Waals surface area contributed by atoms with Gasteiger partial charge in [0.25, 0.3) is 0 Å². The van der Waals surface area contributed by atoms with Gasteiger partial charge in [0, 0.05) is 18.2 Å². The molecule has 1 unspecified atom stereocenters. The summed E-state index contributed by atoms with van der Waals surface area (Å²) in [4.78, 5) is 25.6. The fourth-order valence-corrected chi connectivity index (χ4v) is 2.53. The number of benzene rings is 1. The highest BCUT2D eigenvalue weighted by atomic mass is 16.5. The van der Waals surface area contributed by atoms with E-state index in [1.165, 1.54) is 4.90 Å². The number of carbonyl (C=O) groups excluding carboxylic acids is 2. The number of piperazine rings is 1. The van der Waals surface area contributed by atoms with E-state index in [0.717, 1.165) is 6.42 Å². The van der Waals surface area contributed by atoms with Crippen molar-refractivity contribution in [3.63, 3.8) is 0 Å². The van der Waals surface area contributed by atoms with Crippen LogP contribution in [0.3, 0.4) is 0 Å². The van der Waals surface area contributed by atoms with E-state index >= 15 is 0 Å². The van der Waals surface area contributed by atoms with Crippen LogP contribution in [0.2, 0.25) is 0 Å². The molecule has 3 rings (SSSR count). The van der Waals surface area contributed by atoms with E-state index in [1.807, 2.05) is 6.92 Å². The Bertz CT molecular complexity index is 573. The van der Waals surface area contributed by atoms with E-state index < -0.39 is 6.04 Å². The molecule has 0 radical (unpaired) electrons. The predicted octanol–water partition coefficient (Wildman–Crippen LogP) is 1.09. The van der Waals surface area contributed by atoms with Gasteiger partial charge in [-0.2, -0.15) is 0 Å². The minimum atomic E-state index is -0.456. The van der Waals surface area contributed by atoms with Gasteiger partial charge in [0.1, 0.15) is 12.6 Å². The second kappa shape index (κ2) is 5.63. The topological polar surface area (TPSA) is 67.9 Å². The lowest BCUT2D eigenvalue weighted by molar-refractivity contribution is -0.131. The molecular weight excluding hydrogens is 272 g/mol. The first-order chi connectivity index (χ1) is 10.2. The first-order valence-corrected chi connectivity index (χ1v) is 7.19. The molecule has 1 saturated heterocycles. The minimum absolute atomic E-state index is 0.0367. The van der Waals surface area contributed by atoms with Gasteiger partial charge in [-0.1, -0.05) is 6.92 Å². The molecule has 2 amide bonds. The summed E-state index contributed by atoms with van der Waals surface area (Å²) in [5, 5.41) is 2.70. The summed E-state index contributed by atoms with van der Waals surface area (Å²) < 4.78 is 11.2. The maximum Gasteiger partial charge on any atom is 0.250 e. The SMILES string of the molecule is CCC1NC(=O)CN(c2ccc3c(c2)OCCCO3)C1=O. The number of nitrogens with one attached hydrogen (secondary N) is 1. The molecule has 1 aromatic rings. The summed E-state index contributed by atoms with van der Waals surface area (Å²) in [5.74, 6) is 1.06. The van der Waals surface area contributed by atoms with E-state index in [-0.39, 0.29) is 18.4 Å². The van der Waals surface area contributed by atoms with Crippen LogP contribution in [0.15, 0.2) is 18.2 Å². The van der Waals surface area contributed by atoms with Gasteiger partial charge in [0.15, 0.2) is 11.5 Å². The minimum Gasteiger partial charge on any atom is -0.490 e. The summed E-state index contributed by atoms with van der Waals surface area (Å²) >= 11 is 0. The molecular formula is C15H18N2O4. The van der Waals surface area contributed by atoms with Gasteiger partial charge in [-0.25, -0.2) is 0 Å². The Morgan fingerprint density at radius 3 is 2.76 bits per heavy atom. The van der Waals surface area contributed by atoms with Gasteiger partial charge >= 0.3 is 0 Å². The third kappa shape index (κ3) is 2.66. The van der Waals surface area contributed by atoms with Gasteiger partial charge < -0.3 is 19.7 Å². The number of ether oxygens (including phenoxy) is 2. The molecule has 0 aliphatic carbocycles. The first kappa shape index (κ1) is 13.7. The molecule has 0 saturated carbocycles. The third-order valence-corrected chi connectivity index (χ3v) is 3.65. The van der Waals surface area contributed by atoms with Crippen LogP contribution in [0.5, 0.6) is 11.5 Å². The van der Waals surface area contributed by atoms with Crippen LogP contribution >= 0.6 is 0 Å². The molecule has 1 fully saturated rings. The van der Waals surface area contributed by atoms with Crippen LogP contribution in [0, 0.1) is 0 Å². The average molecular weight is 290 g/mol. The van der Waals surface area contributed by atoms with Crippen LogP contribution in [0.1, 0.15) is 19.8 Å². The summed E-state index contributed by atoms with van der Waals surface area (Å²) in [6, 6.07) is 4.89. The zero-order chi connectivity index (χ0) is 14.8. The Labute approximate surface area is 123 Å². The number of rotatable bonds is 2.